The van der Waals surface area contributed by atoms with Crippen molar-refractivity contribution in [3.63, 3.8) is 0 Å². The number of hydrogen-bond acceptors (Lipinski definition) is 5. The third-order valence-corrected chi connectivity index (χ3v) is 4.69. The molecule has 0 aliphatic rings. The summed E-state index contributed by atoms with van der Waals surface area (Å²) in [5.74, 6) is -1.12. The number of aromatic nitrogens is 4. The summed E-state index contributed by atoms with van der Waals surface area (Å²) in [4.78, 5) is 41.8. The van der Waals surface area contributed by atoms with E-state index in [0.717, 1.165) is 12.3 Å². The maximum absolute atomic E-state index is 14.0. The SMILES string of the molecule is O=Cc1cc(NC(=O)c2cnn(-c3cccc4c(=O)[nH]ccc34)c2C(F)(F)F)cc(Cl)n1. The molecule has 3 heterocycles. The molecule has 4 rings (SSSR count). The van der Waals surface area contributed by atoms with E-state index < -0.39 is 28.9 Å². The Kier molecular flexibility index (Phi) is 5.26. The number of benzene rings is 1. The van der Waals surface area contributed by atoms with Gasteiger partial charge in [-0.05, 0) is 30.3 Å². The van der Waals surface area contributed by atoms with Crippen molar-refractivity contribution >= 4 is 40.3 Å². The summed E-state index contributed by atoms with van der Waals surface area (Å²) in [6.07, 6.45) is -2.51. The van der Waals surface area contributed by atoms with Gasteiger partial charge in [0, 0.05) is 22.7 Å². The van der Waals surface area contributed by atoms with Crippen molar-refractivity contribution in [2.75, 3.05) is 5.32 Å². The number of H-pyrrole nitrogens is 1. The van der Waals surface area contributed by atoms with E-state index in [0.29, 0.717) is 11.0 Å². The Morgan fingerprint density at radius 2 is 1.97 bits per heavy atom. The summed E-state index contributed by atoms with van der Waals surface area (Å²) < 4.78 is 42.6. The lowest BCUT2D eigenvalue weighted by Crippen LogP contribution is -2.21. The molecule has 0 aliphatic carbocycles. The zero-order valence-electron chi connectivity index (χ0n) is 15.8. The first-order chi connectivity index (χ1) is 15.2. The number of carbonyl (C=O) groups is 2. The standard InChI is InChI=1S/C20H11ClF3N5O3/c21-16-7-10(6-11(9-30)27-16)28-19(32)14-8-26-29(17(14)20(22,23)24)15-3-1-2-13-12(15)4-5-25-18(13)31/h1-9H,(H,25,31)(H,27,28,32). The summed E-state index contributed by atoms with van der Waals surface area (Å²) in [5, 5.41) is 6.29. The Labute approximate surface area is 181 Å². The first-order valence-electron chi connectivity index (χ1n) is 8.89. The molecule has 32 heavy (non-hydrogen) atoms. The molecule has 0 atom stereocenters. The number of alkyl halides is 3. The fourth-order valence-corrected chi connectivity index (χ4v) is 3.42. The van der Waals surface area contributed by atoms with Crippen LogP contribution in [-0.2, 0) is 6.18 Å². The number of nitrogens with one attached hydrogen (secondary N) is 2. The first-order valence-corrected chi connectivity index (χ1v) is 9.27. The van der Waals surface area contributed by atoms with Crippen molar-refractivity contribution in [1.29, 1.82) is 0 Å². The van der Waals surface area contributed by atoms with Crippen LogP contribution in [0.2, 0.25) is 5.15 Å². The lowest BCUT2D eigenvalue weighted by molar-refractivity contribution is -0.143. The smallest absolute Gasteiger partial charge is 0.329 e. The molecule has 0 saturated carbocycles. The number of amides is 1. The minimum absolute atomic E-state index is 0.0188. The van der Waals surface area contributed by atoms with E-state index in [9.17, 15) is 27.6 Å². The monoisotopic (exact) mass is 461 g/mol. The predicted molar refractivity (Wildman–Crippen MR) is 109 cm³/mol. The van der Waals surface area contributed by atoms with Gasteiger partial charge >= 0.3 is 6.18 Å². The van der Waals surface area contributed by atoms with Crippen LogP contribution in [0.1, 0.15) is 26.5 Å². The van der Waals surface area contributed by atoms with E-state index in [-0.39, 0.29) is 33.0 Å². The van der Waals surface area contributed by atoms with Crippen LogP contribution in [0.25, 0.3) is 16.5 Å². The van der Waals surface area contributed by atoms with Gasteiger partial charge in [0.25, 0.3) is 11.5 Å². The van der Waals surface area contributed by atoms with E-state index >= 15 is 0 Å². The van der Waals surface area contributed by atoms with Gasteiger partial charge in [0.1, 0.15) is 10.8 Å². The van der Waals surface area contributed by atoms with Crippen LogP contribution in [0, 0.1) is 0 Å². The third-order valence-electron chi connectivity index (χ3n) is 4.50. The molecule has 0 aliphatic heterocycles. The number of nitrogens with zero attached hydrogens (tertiary/aromatic N) is 3. The molecule has 1 amide bonds. The molecule has 0 spiro atoms. The van der Waals surface area contributed by atoms with Crippen LogP contribution in [0.15, 0.2) is 53.6 Å². The molecular weight excluding hydrogens is 451 g/mol. The molecule has 0 unspecified atom stereocenters. The number of fused-ring (bicyclic) bond motifs is 1. The normalized spacial score (nSPS) is 11.5. The molecule has 162 valence electrons. The van der Waals surface area contributed by atoms with Crippen LogP contribution < -0.4 is 10.9 Å². The van der Waals surface area contributed by atoms with E-state index in [2.05, 4.69) is 20.4 Å². The first kappa shape index (κ1) is 21.2. The summed E-state index contributed by atoms with van der Waals surface area (Å²) in [6, 6.07) is 8.00. The summed E-state index contributed by atoms with van der Waals surface area (Å²) in [7, 11) is 0. The molecular formula is C20H11ClF3N5O3. The van der Waals surface area contributed by atoms with Gasteiger partial charge in [0.15, 0.2) is 12.0 Å². The van der Waals surface area contributed by atoms with Crippen molar-refractivity contribution in [1.82, 2.24) is 19.7 Å². The van der Waals surface area contributed by atoms with Gasteiger partial charge in [-0.15, -0.1) is 0 Å². The van der Waals surface area contributed by atoms with Gasteiger partial charge in [0.05, 0.1) is 17.4 Å². The highest BCUT2D eigenvalue weighted by Crippen LogP contribution is 2.35. The number of halogens is 4. The minimum atomic E-state index is -4.96. The molecule has 0 bridgehead atoms. The second-order valence-electron chi connectivity index (χ2n) is 6.54. The van der Waals surface area contributed by atoms with Crippen molar-refractivity contribution in [3.8, 4) is 5.69 Å². The Morgan fingerprint density at radius 1 is 1.19 bits per heavy atom. The molecule has 2 N–H and O–H groups in total. The fourth-order valence-electron chi connectivity index (χ4n) is 3.21. The fraction of sp³-hybridized carbons (Fsp3) is 0.0500. The average Bonchev–Trinajstić information content (AvgIpc) is 3.19. The number of anilines is 1. The molecule has 1 aromatic carbocycles. The second kappa shape index (κ2) is 7.93. The minimum Gasteiger partial charge on any atom is -0.329 e. The molecule has 0 saturated heterocycles. The van der Waals surface area contributed by atoms with E-state index in [4.69, 9.17) is 11.6 Å². The van der Waals surface area contributed by atoms with Gasteiger partial charge in [0.2, 0.25) is 0 Å². The van der Waals surface area contributed by atoms with Crippen LogP contribution in [0.4, 0.5) is 18.9 Å². The van der Waals surface area contributed by atoms with Gasteiger partial charge < -0.3 is 10.3 Å². The highest BCUT2D eigenvalue weighted by atomic mass is 35.5. The Hall–Kier alpha value is -3.99. The number of hydrogen-bond donors (Lipinski definition) is 2. The highest BCUT2D eigenvalue weighted by molar-refractivity contribution is 6.29. The maximum atomic E-state index is 14.0. The third kappa shape index (κ3) is 3.85. The Morgan fingerprint density at radius 3 is 2.69 bits per heavy atom. The van der Waals surface area contributed by atoms with Gasteiger partial charge in [-0.2, -0.15) is 18.3 Å². The highest BCUT2D eigenvalue weighted by Gasteiger charge is 2.41. The number of pyridine rings is 2. The molecule has 3 aromatic heterocycles. The van der Waals surface area contributed by atoms with E-state index in [1.54, 1.807) is 0 Å². The van der Waals surface area contributed by atoms with Crippen LogP contribution >= 0.6 is 11.6 Å². The van der Waals surface area contributed by atoms with E-state index in [1.165, 1.54) is 36.5 Å². The zero-order chi connectivity index (χ0) is 23.0. The maximum Gasteiger partial charge on any atom is 0.434 e. The number of rotatable bonds is 4. The van der Waals surface area contributed by atoms with Gasteiger partial charge in [-0.25, -0.2) is 9.67 Å². The molecule has 4 aromatic rings. The topological polar surface area (TPSA) is 110 Å². The quantitative estimate of drug-likeness (QED) is 0.354. The van der Waals surface area contributed by atoms with Crippen molar-refractivity contribution in [2.24, 2.45) is 0 Å². The van der Waals surface area contributed by atoms with E-state index in [1.807, 2.05) is 0 Å². The summed E-state index contributed by atoms with van der Waals surface area (Å²) in [6.45, 7) is 0. The summed E-state index contributed by atoms with van der Waals surface area (Å²) >= 11 is 5.77. The lowest BCUT2D eigenvalue weighted by atomic mass is 10.1. The molecule has 0 fully saturated rings. The number of carbonyl (C=O) groups excluding carboxylic acids is 2. The Bertz CT molecular complexity index is 1430. The molecule has 12 heteroatoms. The lowest BCUT2D eigenvalue weighted by Gasteiger charge is -2.14. The van der Waals surface area contributed by atoms with Crippen molar-refractivity contribution in [3.05, 3.63) is 81.3 Å². The van der Waals surface area contributed by atoms with Crippen LogP contribution in [-0.4, -0.2) is 31.9 Å². The van der Waals surface area contributed by atoms with Crippen LogP contribution in [0.3, 0.4) is 0 Å². The average molecular weight is 462 g/mol. The second-order valence-corrected chi connectivity index (χ2v) is 6.92. The van der Waals surface area contributed by atoms with Crippen LogP contribution in [0.5, 0.6) is 0 Å². The predicted octanol–water partition coefficient (Wildman–Crippen LogP) is 3.85. The number of aromatic amines is 1. The Balaban J connectivity index is 1.84. The summed E-state index contributed by atoms with van der Waals surface area (Å²) in [5.41, 5.74) is -2.74. The number of aldehydes is 1. The van der Waals surface area contributed by atoms with Crippen molar-refractivity contribution < 1.29 is 22.8 Å². The molecule has 8 nitrogen and oxygen atoms in total. The van der Waals surface area contributed by atoms with Crippen molar-refractivity contribution in [2.45, 2.75) is 6.18 Å². The molecule has 0 radical (unpaired) electrons. The van der Waals surface area contributed by atoms with Gasteiger partial charge in [-0.1, -0.05) is 17.7 Å². The van der Waals surface area contributed by atoms with Gasteiger partial charge in [-0.3, -0.25) is 14.4 Å². The zero-order valence-corrected chi connectivity index (χ0v) is 16.5. The largest absolute Gasteiger partial charge is 0.434 e.